The van der Waals surface area contributed by atoms with Gasteiger partial charge in [0.25, 0.3) is 0 Å². The van der Waals surface area contributed by atoms with Crippen LogP contribution in [0.25, 0.3) is 0 Å². The standard InChI is InChI=1S/C18H24N2O3/c1-2-17(21)19-7-9-20(10-8-19)18(22)13-14-5-6-16-15(12-14)4-3-11-23-16/h5-6,12H,2-4,7-11,13H2,1H3. The maximum Gasteiger partial charge on any atom is 0.227 e. The first-order valence-corrected chi connectivity index (χ1v) is 8.47. The van der Waals surface area contributed by atoms with Gasteiger partial charge < -0.3 is 14.5 Å². The Morgan fingerprint density at radius 3 is 2.48 bits per heavy atom. The molecule has 1 saturated heterocycles. The van der Waals surface area contributed by atoms with Crippen LogP contribution in [0.2, 0.25) is 0 Å². The van der Waals surface area contributed by atoms with E-state index in [0.29, 0.717) is 39.0 Å². The Morgan fingerprint density at radius 2 is 1.78 bits per heavy atom. The Hall–Kier alpha value is -2.04. The molecule has 3 rings (SSSR count). The highest BCUT2D eigenvalue weighted by atomic mass is 16.5. The summed E-state index contributed by atoms with van der Waals surface area (Å²) in [5.41, 5.74) is 2.26. The normalized spacial score (nSPS) is 17.4. The second-order valence-corrected chi connectivity index (χ2v) is 6.19. The van der Waals surface area contributed by atoms with Gasteiger partial charge >= 0.3 is 0 Å². The molecule has 2 amide bonds. The minimum absolute atomic E-state index is 0.144. The van der Waals surface area contributed by atoms with Crippen molar-refractivity contribution in [2.45, 2.75) is 32.6 Å². The third-order valence-electron chi connectivity index (χ3n) is 4.62. The topological polar surface area (TPSA) is 49.9 Å². The third-order valence-corrected chi connectivity index (χ3v) is 4.62. The Labute approximate surface area is 137 Å². The summed E-state index contributed by atoms with van der Waals surface area (Å²) < 4.78 is 5.61. The summed E-state index contributed by atoms with van der Waals surface area (Å²) in [7, 11) is 0. The number of hydrogen-bond acceptors (Lipinski definition) is 3. The summed E-state index contributed by atoms with van der Waals surface area (Å²) in [5.74, 6) is 1.27. The molecule has 0 atom stereocenters. The summed E-state index contributed by atoms with van der Waals surface area (Å²) in [5, 5.41) is 0. The molecule has 5 heteroatoms. The van der Waals surface area contributed by atoms with Crippen molar-refractivity contribution in [3.8, 4) is 5.75 Å². The Kier molecular flexibility index (Phi) is 4.84. The molecule has 2 heterocycles. The lowest BCUT2D eigenvalue weighted by Crippen LogP contribution is -2.50. The summed E-state index contributed by atoms with van der Waals surface area (Å²) in [4.78, 5) is 27.9. The van der Waals surface area contributed by atoms with E-state index in [1.54, 1.807) is 0 Å². The number of amides is 2. The van der Waals surface area contributed by atoms with Gasteiger partial charge in [-0.2, -0.15) is 0 Å². The number of fused-ring (bicyclic) bond motifs is 1. The molecule has 0 saturated carbocycles. The van der Waals surface area contributed by atoms with Crippen LogP contribution in [0.5, 0.6) is 5.75 Å². The first kappa shape index (κ1) is 15.8. The predicted molar refractivity (Wildman–Crippen MR) is 87.4 cm³/mol. The van der Waals surface area contributed by atoms with Crippen LogP contribution < -0.4 is 4.74 Å². The van der Waals surface area contributed by atoms with Crippen molar-refractivity contribution < 1.29 is 14.3 Å². The first-order valence-electron chi connectivity index (χ1n) is 8.47. The number of rotatable bonds is 3. The van der Waals surface area contributed by atoms with E-state index < -0.39 is 0 Å². The number of nitrogens with zero attached hydrogens (tertiary/aromatic N) is 2. The lowest BCUT2D eigenvalue weighted by Gasteiger charge is -2.34. The molecule has 1 aromatic rings. The molecule has 2 aliphatic heterocycles. The molecule has 0 spiro atoms. The molecule has 0 N–H and O–H groups in total. The average molecular weight is 316 g/mol. The number of ether oxygens (including phenoxy) is 1. The molecule has 124 valence electrons. The van der Waals surface area contributed by atoms with E-state index in [2.05, 4.69) is 6.07 Å². The quantitative estimate of drug-likeness (QED) is 0.852. The Morgan fingerprint density at radius 1 is 1.09 bits per heavy atom. The van der Waals surface area contributed by atoms with Gasteiger partial charge in [-0.3, -0.25) is 9.59 Å². The highest BCUT2D eigenvalue weighted by molar-refractivity contribution is 5.80. The minimum Gasteiger partial charge on any atom is -0.493 e. The van der Waals surface area contributed by atoms with E-state index in [0.717, 1.165) is 30.8 Å². The number of carbonyl (C=O) groups excluding carboxylic acids is 2. The van der Waals surface area contributed by atoms with Gasteiger partial charge in [0.05, 0.1) is 13.0 Å². The highest BCUT2D eigenvalue weighted by Crippen LogP contribution is 2.25. The molecule has 5 nitrogen and oxygen atoms in total. The van der Waals surface area contributed by atoms with E-state index in [1.165, 1.54) is 5.56 Å². The van der Waals surface area contributed by atoms with Crippen LogP contribution in [-0.4, -0.2) is 54.4 Å². The van der Waals surface area contributed by atoms with Crippen LogP contribution in [0.3, 0.4) is 0 Å². The fourth-order valence-corrected chi connectivity index (χ4v) is 3.24. The molecular formula is C18H24N2O3. The Balaban J connectivity index is 1.56. The number of benzene rings is 1. The van der Waals surface area contributed by atoms with Crippen molar-refractivity contribution in [2.24, 2.45) is 0 Å². The van der Waals surface area contributed by atoms with Gasteiger partial charge in [0.2, 0.25) is 11.8 Å². The average Bonchev–Trinajstić information content (AvgIpc) is 2.61. The smallest absolute Gasteiger partial charge is 0.227 e. The van der Waals surface area contributed by atoms with Crippen molar-refractivity contribution in [1.29, 1.82) is 0 Å². The fraction of sp³-hybridized carbons (Fsp3) is 0.556. The van der Waals surface area contributed by atoms with Crippen molar-refractivity contribution in [3.05, 3.63) is 29.3 Å². The molecule has 0 aromatic heterocycles. The number of hydrogen-bond donors (Lipinski definition) is 0. The van der Waals surface area contributed by atoms with E-state index in [-0.39, 0.29) is 11.8 Å². The van der Waals surface area contributed by atoms with Gasteiger partial charge in [-0.15, -0.1) is 0 Å². The molecule has 1 fully saturated rings. The largest absolute Gasteiger partial charge is 0.493 e. The van der Waals surface area contributed by atoms with Crippen LogP contribution in [0.1, 0.15) is 30.9 Å². The van der Waals surface area contributed by atoms with E-state index in [9.17, 15) is 9.59 Å². The highest BCUT2D eigenvalue weighted by Gasteiger charge is 2.23. The van der Waals surface area contributed by atoms with Gasteiger partial charge in [0, 0.05) is 32.6 Å². The van der Waals surface area contributed by atoms with Crippen molar-refractivity contribution in [2.75, 3.05) is 32.8 Å². The molecule has 0 aliphatic carbocycles. The zero-order valence-corrected chi connectivity index (χ0v) is 13.7. The van der Waals surface area contributed by atoms with E-state index in [1.807, 2.05) is 28.9 Å². The fourth-order valence-electron chi connectivity index (χ4n) is 3.24. The second-order valence-electron chi connectivity index (χ2n) is 6.19. The lowest BCUT2D eigenvalue weighted by atomic mass is 10.0. The predicted octanol–water partition coefficient (Wildman–Crippen LogP) is 1.63. The van der Waals surface area contributed by atoms with Crippen LogP contribution in [-0.2, 0) is 22.4 Å². The Bertz CT molecular complexity index is 592. The van der Waals surface area contributed by atoms with E-state index in [4.69, 9.17) is 4.74 Å². The monoisotopic (exact) mass is 316 g/mol. The maximum atomic E-state index is 12.5. The molecule has 2 aliphatic rings. The lowest BCUT2D eigenvalue weighted by molar-refractivity contribution is -0.139. The third kappa shape index (κ3) is 3.66. The van der Waals surface area contributed by atoms with Crippen LogP contribution in [0.4, 0.5) is 0 Å². The zero-order valence-electron chi connectivity index (χ0n) is 13.7. The number of piperazine rings is 1. The summed E-state index contributed by atoms with van der Waals surface area (Å²) in [6.45, 7) is 5.23. The minimum atomic E-state index is 0.144. The summed E-state index contributed by atoms with van der Waals surface area (Å²) in [6, 6.07) is 6.07. The molecule has 1 aromatic carbocycles. The number of carbonyl (C=O) groups is 2. The van der Waals surface area contributed by atoms with Crippen molar-refractivity contribution >= 4 is 11.8 Å². The van der Waals surface area contributed by atoms with Crippen molar-refractivity contribution in [1.82, 2.24) is 9.80 Å². The van der Waals surface area contributed by atoms with Crippen LogP contribution in [0.15, 0.2) is 18.2 Å². The molecular weight excluding hydrogens is 292 g/mol. The van der Waals surface area contributed by atoms with Gasteiger partial charge in [-0.1, -0.05) is 19.1 Å². The molecule has 0 unspecified atom stereocenters. The molecule has 0 bridgehead atoms. The van der Waals surface area contributed by atoms with Crippen LogP contribution in [0, 0.1) is 0 Å². The molecule has 23 heavy (non-hydrogen) atoms. The van der Waals surface area contributed by atoms with Gasteiger partial charge in [-0.25, -0.2) is 0 Å². The number of aryl methyl sites for hydroxylation is 1. The summed E-state index contributed by atoms with van der Waals surface area (Å²) >= 11 is 0. The van der Waals surface area contributed by atoms with Crippen molar-refractivity contribution in [3.63, 3.8) is 0 Å². The maximum absolute atomic E-state index is 12.5. The first-order chi connectivity index (χ1) is 11.2. The van der Waals surface area contributed by atoms with Gasteiger partial charge in [0.15, 0.2) is 0 Å². The molecule has 0 radical (unpaired) electrons. The summed E-state index contributed by atoms with van der Waals surface area (Å²) in [6.07, 6.45) is 3.02. The van der Waals surface area contributed by atoms with Gasteiger partial charge in [-0.05, 0) is 30.0 Å². The zero-order chi connectivity index (χ0) is 16.2. The SMILES string of the molecule is CCC(=O)N1CCN(C(=O)Cc2ccc3c(c2)CCCO3)CC1. The second kappa shape index (κ2) is 7.02. The van der Waals surface area contributed by atoms with Crippen LogP contribution >= 0.6 is 0 Å². The van der Waals surface area contributed by atoms with E-state index >= 15 is 0 Å². The van der Waals surface area contributed by atoms with Gasteiger partial charge in [0.1, 0.15) is 5.75 Å².